The Morgan fingerprint density at radius 3 is 2.02 bits per heavy atom. The van der Waals surface area contributed by atoms with Gasteiger partial charge in [-0.2, -0.15) is 0 Å². The van der Waals surface area contributed by atoms with Crippen LogP contribution in [0.1, 0.15) is 44.4 Å². The van der Waals surface area contributed by atoms with E-state index in [2.05, 4.69) is 142 Å². The maximum Gasteiger partial charge on any atom is 0.126 e. The van der Waals surface area contributed by atoms with Gasteiger partial charge in [-0.15, -0.1) is 36.4 Å². The van der Waals surface area contributed by atoms with Gasteiger partial charge in [-0.1, -0.05) is 129 Å². The summed E-state index contributed by atoms with van der Waals surface area (Å²) in [5.74, 6) is 0.298. The van der Waals surface area contributed by atoms with Crippen molar-refractivity contribution >= 4 is 57.1 Å². The normalized spacial score (nSPS) is 11.9. The molecule has 0 fully saturated rings. The van der Waals surface area contributed by atoms with Crippen LogP contribution in [0.25, 0.3) is 66.4 Å². The Hall–Kier alpha value is -5.20. The molecule has 0 saturated carbocycles. The van der Waals surface area contributed by atoms with Crippen molar-refractivity contribution < 1.29 is 33.3 Å². The number of halogens is 1. The molecule has 4 aromatic heterocycles. The van der Waals surface area contributed by atoms with Crippen LogP contribution in [-0.2, 0) is 31.9 Å². The predicted octanol–water partition coefficient (Wildman–Crippen LogP) is 13.1. The SMILES string of the molecule is CC(C)Cc1ccnc(-c2[c-]ccc3c2oc2ccc(C(C)(C)c4ccccc4)cc23)c1.C[Si](C)(C)c1ccc(-c2[c-]ccc3c2oc2cc(F)ccc23)nc1.[Ir]. The Kier molecular flexibility index (Phi) is 11.2. The van der Waals surface area contributed by atoms with E-state index in [1.165, 1.54) is 34.0 Å². The summed E-state index contributed by atoms with van der Waals surface area (Å²) in [7, 11) is -1.38. The van der Waals surface area contributed by atoms with Crippen LogP contribution in [0.15, 0.2) is 136 Å². The Balaban J connectivity index is 0.000000178. The maximum atomic E-state index is 13.5. The molecule has 4 nitrogen and oxygen atoms in total. The van der Waals surface area contributed by atoms with Gasteiger partial charge in [0.25, 0.3) is 0 Å². The minimum absolute atomic E-state index is 0. The molecule has 0 aliphatic heterocycles. The van der Waals surface area contributed by atoms with Gasteiger partial charge in [0.15, 0.2) is 0 Å². The van der Waals surface area contributed by atoms with Crippen molar-refractivity contribution in [1.82, 2.24) is 9.97 Å². The Morgan fingerprint density at radius 1 is 0.667 bits per heavy atom. The van der Waals surface area contributed by atoms with Crippen LogP contribution in [0.3, 0.4) is 0 Å². The summed E-state index contributed by atoms with van der Waals surface area (Å²) in [5.41, 5.74) is 10.2. The minimum atomic E-state index is -1.38. The monoisotopic (exact) mass is 945 g/mol. The van der Waals surface area contributed by atoms with E-state index in [-0.39, 0.29) is 31.3 Å². The summed E-state index contributed by atoms with van der Waals surface area (Å²) in [6.07, 6.45) is 4.88. The van der Waals surface area contributed by atoms with Gasteiger partial charge in [0.05, 0.1) is 19.2 Å². The average Bonchev–Trinajstić information content (AvgIpc) is 3.75. The van der Waals surface area contributed by atoms with E-state index in [4.69, 9.17) is 8.83 Å². The summed E-state index contributed by atoms with van der Waals surface area (Å²) < 4.78 is 25.7. The third-order valence-electron chi connectivity index (χ3n) is 10.7. The van der Waals surface area contributed by atoms with E-state index in [0.29, 0.717) is 17.1 Å². The van der Waals surface area contributed by atoms with E-state index < -0.39 is 8.07 Å². The largest absolute Gasteiger partial charge is 0.501 e. The van der Waals surface area contributed by atoms with Gasteiger partial charge in [-0.25, -0.2) is 4.39 Å². The van der Waals surface area contributed by atoms with Gasteiger partial charge < -0.3 is 18.8 Å². The summed E-state index contributed by atoms with van der Waals surface area (Å²) in [4.78, 5) is 9.27. The number of furan rings is 2. The summed E-state index contributed by atoms with van der Waals surface area (Å²) in [6.45, 7) is 15.9. The molecule has 0 spiro atoms. The fourth-order valence-electron chi connectivity index (χ4n) is 7.44. The van der Waals surface area contributed by atoms with E-state index in [1.54, 1.807) is 6.07 Å². The van der Waals surface area contributed by atoms with Gasteiger partial charge in [-0.05, 0) is 70.4 Å². The fraction of sp³-hybridized carbons (Fsp3) is 0.200. The van der Waals surface area contributed by atoms with E-state index in [9.17, 15) is 4.39 Å². The second-order valence-corrected chi connectivity index (χ2v) is 21.6. The summed E-state index contributed by atoms with van der Waals surface area (Å²) >= 11 is 0. The second kappa shape index (κ2) is 16.0. The van der Waals surface area contributed by atoms with Crippen molar-refractivity contribution in [2.45, 2.75) is 59.2 Å². The third-order valence-corrected chi connectivity index (χ3v) is 12.7. The molecule has 9 aromatic rings. The number of aromatic nitrogens is 2. The molecule has 0 atom stereocenters. The number of pyridine rings is 2. The van der Waals surface area contributed by atoms with Crippen LogP contribution in [0.5, 0.6) is 0 Å². The van der Waals surface area contributed by atoms with Gasteiger partial charge in [0.2, 0.25) is 0 Å². The minimum Gasteiger partial charge on any atom is -0.501 e. The standard InChI is InChI=1S/C30H28NO.C20H17FNOSi.Ir/c1-20(2)17-21-15-16-31-27(18-21)25-12-8-11-24-26-19-23(13-14-28(26)32-29(24)25)30(3,4)22-9-6-5-7-10-22;1-24(2,3)14-8-10-18(22-12-14)17-6-4-5-16-15-9-7-13(21)11-19(15)23-20(16)17;/h5-11,13-16,18-20H,17H2,1-4H3;4-5,7-12H,1-3H3;/q2*-1;. The average molecular weight is 945 g/mol. The first-order valence-corrected chi connectivity index (χ1v) is 22.7. The van der Waals surface area contributed by atoms with Crippen LogP contribution < -0.4 is 5.19 Å². The Morgan fingerprint density at radius 2 is 1.35 bits per heavy atom. The van der Waals surface area contributed by atoms with Gasteiger partial charge >= 0.3 is 0 Å². The number of nitrogens with zero attached hydrogens (tertiary/aromatic N) is 2. The first-order chi connectivity index (χ1) is 26.9. The van der Waals surface area contributed by atoms with Crippen molar-refractivity contribution in [2.24, 2.45) is 5.92 Å². The molecular weight excluding hydrogens is 900 g/mol. The van der Waals surface area contributed by atoms with Crippen LogP contribution >= 0.6 is 0 Å². The predicted molar refractivity (Wildman–Crippen MR) is 232 cm³/mol. The fourth-order valence-corrected chi connectivity index (χ4v) is 8.48. The molecule has 7 heteroatoms. The van der Waals surface area contributed by atoms with Crippen molar-refractivity contribution in [3.63, 3.8) is 0 Å². The van der Waals surface area contributed by atoms with Gasteiger partial charge in [-0.3, -0.25) is 0 Å². The van der Waals surface area contributed by atoms with Crippen molar-refractivity contribution in [2.75, 3.05) is 0 Å². The van der Waals surface area contributed by atoms with Crippen molar-refractivity contribution in [3.05, 3.63) is 162 Å². The summed E-state index contributed by atoms with van der Waals surface area (Å²) in [5, 5.41) is 5.41. The third kappa shape index (κ3) is 8.02. The van der Waals surface area contributed by atoms with Crippen LogP contribution in [-0.4, -0.2) is 18.0 Å². The van der Waals surface area contributed by atoms with Crippen LogP contribution in [0, 0.1) is 23.9 Å². The molecule has 5 aromatic carbocycles. The smallest absolute Gasteiger partial charge is 0.126 e. The van der Waals surface area contributed by atoms with E-state index >= 15 is 0 Å². The number of hydrogen-bond donors (Lipinski definition) is 0. The van der Waals surface area contributed by atoms with Crippen LogP contribution in [0.4, 0.5) is 4.39 Å². The second-order valence-electron chi connectivity index (χ2n) is 16.6. The van der Waals surface area contributed by atoms with E-state index in [1.807, 2.05) is 36.7 Å². The topological polar surface area (TPSA) is 52.1 Å². The number of benzene rings is 5. The zero-order chi connectivity index (χ0) is 39.2. The van der Waals surface area contributed by atoms with Crippen molar-refractivity contribution in [3.8, 4) is 22.5 Å². The maximum absolute atomic E-state index is 13.5. The molecular formula is C50H45FIrN2O2Si-2. The molecule has 4 heterocycles. The van der Waals surface area contributed by atoms with Crippen molar-refractivity contribution in [1.29, 1.82) is 0 Å². The van der Waals surface area contributed by atoms with Gasteiger partial charge in [0, 0.05) is 54.8 Å². The first kappa shape index (κ1) is 40.0. The molecule has 9 rings (SSSR count). The molecule has 1 radical (unpaired) electrons. The Labute approximate surface area is 348 Å². The molecule has 0 aliphatic carbocycles. The zero-order valence-corrected chi connectivity index (χ0v) is 36.7. The molecule has 0 unspecified atom stereocenters. The number of rotatable bonds is 7. The molecule has 0 N–H and O–H groups in total. The zero-order valence-electron chi connectivity index (χ0n) is 33.3. The van der Waals surface area contributed by atoms with Crippen LogP contribution in [0.2, 0.25) is 19.6 Å². The Bertz CT molecular complexity index is 2840. The quantitative estimate of drug-likeness (QED) is 0.118. The number of fused-ring (bicyclic) bond motifs is 6. The molecule has 0 saturated heterocycles. The molecule has 57 heavy (non-hydrogen) atoms. The molecule has 0 bridgehead atoms. The van der Waals surface area contributed by atoms with Gasteiger partial charge in [0.1, 0.15) is 17.0 Å². The molecule has 289 valence electrons. The summed E-state index contributed by atoms with van der Waals surface area (Å²) in [6, 6.07) is 44.8. The number of hydrogen-bond acceptors (Lipinski definition) is 4. The molecule has 0 aliphatic rings. The first-order valence-electron chi connectivity index (χ1n) is 19.2. The molecule has 0 amide bonds. The van der Waals surface area contributed by atoms with E-state index in [0.717, 1.165) is 61.6 Å².